The van der Waals surface area contributed by atoms with Crippen LogP contribution in [0.4, 0.5) is 0 Å². The van der Waals surface area contributed by atoms with Crippen molar-refractivity contribution in [3.8, 4) is 0 Å². The molecule has 5 nitrogen and oxygen atoms in total. The van der Waals surface area contributed by atoms with Crippen LogP contribution in [0, 0.1) is 5.92 Å². The van der Waals surface area contributed by atoms with Gasteiger partial charge in [0.15, 0.2) is 0 Å². The van der Waals surface area contributed by atoms with Crippen LogP contribution in [0.5, 0.6) is 0 Å². The number of hydrogen-bond acceptors (Lipinski definition) is 4. The molecule has 3 fully saturated rings. The SMILES string of the molecule is O=C(NCc1cccc(CN2CCOCC2)c1)C1CC2CCCCC2N1. The highest BCUT2D eigenvalue weighted by Crippen LogP contribution is 2.33. The number of rotatable bonds is 5. The van der Waals surface area contributed by atoms with Crippen LogP contribution in [0.3, 0.4) is 0 Å². The van der Waals surface area contributed by atoms with E-state index in [-0.39, 0.29) is 11.9 Å². The Hall–Kier alpha value is -1.43. The lowest BCUT2D eigenvalue weighted by atomic mass is 9.85. The minimum Gasteiger partial charge on any atom is -0.379 e. The molecule has 1 aromatic carbocycles. The van der Waals surface area contributed by atoms with Crippen LogP contribution < -0.4 is 10.6 Å². The molecule has 1 aromatic rings. The molecule has 3 atom stereocenters. The summed E-state index contributed by atoms with van der Waals surface area (Å²) in [6, 6.07) is 9.16. The topological polar surface area (TPSA) is 53.6 Å². The van der Waals surface area contributed by atoms with Gasteiger partial charge in [-0.2, -0.15) is 0 Å². The van der Waals surface area contributed by atoms with Gasteiger partial charge >= 0.3 is 0 Å². The van der Waals surface area contributed by atoms with E-state index in [0.29, 0.717) is 18.5 Å². The van der Waals surface area contributed by atoms with E-state index in [2.05, 4.69) is 39.8 Å². The number of morpholine rings is 1. The summed E-state index contributed by atoms with van der Waals surface area (Å²) in [6.45, 7) is 5.22. The zero-order chi connectivity index (χ0) is 17.8. The molecular weight excluding hydrogens is 326 g/mol. The van der Waals surface area contributed by atoms with Crippen molar-refractivity contribution in [2.45, 2.75) is 57.3 Å². The predicted octanol–water partition coefficient (Wildman–Crippen LogP) is 2.06. The van der Waals surface area contributed by atoms with Crippen LogP contribution >= 0.6 is 0 Å². The fourth-order valence-electron chi connectivity index (χ4n) is 4.69. The quantitative estimate of drug-likeness (QED) is 0.847. The van der Waals surface area contributed by atoms with Gasteiger partial charge in [0.2, 0.25) is 5.91 Å². The van der Waals surface area contributed by atoms with Crippen molar-refractivity contribution in [3.63, 3.8) is 0 Å². The number of nitrogens with one attached hydrogen (secondary N) is 2. The van der Waals surface area contributed by atoms with Crippen molar-refractivity contribution < 1.29 is 9.53 Å². The van der Waals surface area contributed by atoms with Crippen molar-refractivity contribution in [1.82, 2.24) is 15.5 Å². The number of hydrogen-bond donors (Lipinski definition) is 2. The first kappa shape index (κ1) is 18.0. The molecule has 2 heterocycles. The van der Waals surface area contributed by atoms with E-state index in [1.807, 2.05) is 0 Å². The van der Waals surface area contributed by atoms with Crippen LogP contribution in [0.15, 0.2) is 24.3 Å². The van der Waals surface area contributed by atoms with Gasteiger partial charge in [0.25, 0.3) is 0 Å². The van der Waals surface area contributed by atoms with E-state index in [1.54, 1.807) is 0 Å². The molecule has 4 rings (SSSR count). The smallest absolute Gasteiger partial charge is 0.237 e. The van der Waals surface area contributed by atoms with Crippen molar-refractivity contribution >= 4 is 5.91 Å². The molecule has 2 aliphatic heterocycles. The maximum Gasteiger partial charge on any atom is 0.237 e. The van der Waals surface area contributed by atoms with Gasteiger partial charge in [0, 0.05) is 32.2 Å². The molecule has 0 bridgehead atoms. The lowest BCUT2D eigenvalue weighted by Gasteiger charge is -2.26. The Morgan fingerprint density at radius 2 is 2.00 bits per heavy atom. The highest BCUT2D eigenvalue weighted by molar-refractivity contribution is 5.82. The number of carbonyl (C=O) groups excluding carboxylic acids is 1. The van der Waals surface area contributed by atoms with Gasteiger partial charge in [-0.3, -0.25) is 9.69 Å². The molecule has 5 heteroatoms. The summed E-state index contributed by atoms with van der Waals surface area (Å²) >= 11 is 0. The Morgan fingerprint density at radius 1 is 1.19 bits per heavy atom. The van der Waals surface area contributed by atoms with E-state index in [9.17, 15) is 4.79 Å². The molecule has 26 heavy (non-hydrogen) atoms. The number of amides is 1. The third kappa shape index (κ3) is 4.45. The van der Waals surface area contributed by atoms with Crippen molar-refractivity contribution in [2.75, 3.05) is 26.3 Å². The Balaban J connectivity index is 1.27. The number of fused-ring (bicyclic) bond motifs is 1. The molecular formula is C21H31N3O2. The van der Waals surface area contributed by atoms with Crippen molar-refractivity contribution in [3.05, 3.63) is 35.4 Å². The molecule has 1 aliphatic carbocycles. The summed E-state index contributed by atoms with van der Waals surface area (Å²) < 4.78 is 5.41. The lowest BCUT2D eigenvalue weighted by molar-refractivity contribution is -0.123. The largest absolute Gasteiger partial charge is 0.379 e. The molecule has 3 unspecified atom stereocenters. The second-order valence-corrected chi connectivity index (χ2v) is 8.03. The van der Waals surface area contributed by atoms with Crippen LogP contribution in [-0.2, 0) is 22.6 Å². The maximum atomic E-state index is 12.6. The Morgan fingerprint density at radius 3 is 2.85 bits per heavy atom. The van der Waals surface area contributed by atoms with Gasteiger partial charge in [-0.15, -0.1) is 0 Å². The van der Waals surface area contributed by atoms with Crippen LogP contribution in [0.25, 0.3) is 0 Å². The van der Waals surface area contributed by atoms with Crippen molar-refractivity contribution in [2.24, 2.45) is 5.92 Å². The molecule has 0 radical (unpaired) electrons. The van der Waals surface area contributed by atoms with E-state index in [1.165, 1.54) is 36.8 Å². The summed E-state index contributed by atoms with van der Waals surface area (Å²) in [5, 5.41) is 6.71. The fourth-order valence-corrected chi connectivity index (χ4v) is 4.69. The van der Waals surface area contributed by atoms with Crippen molar-refractivity contribution in [1.29, 1.82) is 0 Å². The van der Waals surface area contributed by atoms with E-state index in [4.69, 9.17) is 4.74 Å². The molecule has 2 saturated heterocycles. The first-order valence-corrected chi connectivity index (χ1v) is 10.2. The molecule has 142 valence electrons. The summed E-state index contributed by atoms with van der Waals surface area (Å²) in [6.07, 6.45) is 6.15. The third-order valence-electron chi connectivity index (χ3n) is 6.15. The van der Waals surface area contributed by atoms with Crippen LogP contribution in [0.1, 0.15) is 43.2 Å². The summed E-state index contributed by atoms with van der Waals surface area (Å²) in [5.41, 5.74) is 2.49. The number of nitrogens with zero attached hydrogens (tertiary/aromatic N) is 1. The molecule has 1 saturated carbocycles. The first-order valence-electron chi connectivity index (χ1n) is 10.2. The summed E-state index contributed by atoms with van der Waals surface area (Å²) in [5.74, 6) is 0.870. The van der Waals surface area contributed by atoms with Gasteiger partial charge in [-0.25, -0.2) is 0 Å². The second-order valence-electron chi connectivity index (χ2n) is 8.03. The zero-order valence-corrected chi connectivity index (χ0v) is 15.6. The summed E-state index contributed by atoms with van der Waals surface area (Å²) in [4.78, 5) is 15.0. The molecule has 0 spiro atoms. The average molecular weight is 357 g/mol. The predicted molar refractivity (Wildman–Crippen MR) is 102 cm³/mol. The first-order chi connectivity index (χ1) is 12.8. The van der Waals surface area contributed by atoms with E-state index < -0.39 is 0 Å². The van der Waals surface area contributed by atoms with Crippen LogP contribution in [-0.4, -0.2) is 49.2 Å². The van der Waals surface area contributed by atoms with E-state index >= 15 is 0 Å². The highest BCUT2D eigenvalue weighted by Gasteiger charge is 2.37. The minimum absolute atomic E-state index is 0.000340. The van der Waals surface area contributed by atoms with Gasteiger partial charge < -0.3 is 15.4 Å². The van der Waals surface area contributed by atoms with Gasteiger partial charge in [0.1, 0.15) is 0 Å². The average Bonchev–Trinajstić information content (AvgIpc) is 3.12. The summed E-state index contributed by atoms with van der Waals surface area (Å²) in [7, 11) is 0. The fraction of sp³-hybridized carbons (Fsp3) is 0.667. The van der Waals surface area contributed by atoms with Gasteiger partial charge in [-0.05, 0) is 36.3 Å². The second kappa shape index (κ2) is 8.51. The molecule has 1 amide bonds. The number of ether oxygens (including phenoxy) is 1. The molecule has 0 aromatic heterocycles. The maximum absolute atomic E-state index is 12.6. The zero-order valence-electron chi connectivity index (χ0n) is 15.6. The highest BCUT2D eigenvalue weighted by atomic mass is 16.5. The number of carbonyl (C=O) groups is 1. The molecule has 3 aliphatic rings. The molecule has 2 N–H and O–H groups in total. The Bertz CT molecular complexity index is 601. The monoisotopic (exact) mass is 357 g/mol. The standard InChI is InChI=1S/C21H31N3O2/c25-21(20-13-18-6-1-2-7-19(18)23-20)22-14-16-4-3-5-17(12-16)15-24-8-10-26-11-9-24/h3-5,12,18-20,23H,1-2,6-11,13-15H2,(H,22,25). The Kier molecular flexibility index (Phi) is 5.88. The minimum atomic E-state index is -0.000340. The van der Waals surface area contributed by atoms with Gasteiger partial charge in [0.05, 0.1) is 19.3 Å². The Labute approximate surface area is 156 Å². The third-order valence-corrected chi connectivity index (χ3v) is 6.15. The lowest BCUT2D eigenvalue weighted by Crippen LogP contribution is -2.42. The number of benzene rings is 1. The van der Waals surface area contributed by atoms with E-state index in [0.717, 1.165) is 39.3 Å². The van der Waals surface area contributed by atoms with Crippen LogP contribution in [0.2, 0.25) is 0 Å². The van der Waals surface area contributed by atoms with Gasteiger partial charge in [-0.1, -0.05) is 37.1 Å². The normalized spacial score (nSPS) is 29.3.